The van der Waals surface area contributed by atoms with E-state index in [1.54, 1.807) is 24.3 Å². The number of ether oxygens (including phenoxy) is 1. The van der Waals surface area contributed by atoms with Gasteiger partial charge in [0, 0.05) is 10.9 Å². The summed E-state index contributed by atoms with van der Waals surface area (Å²) in [5.41, 5.74) is 2.78. The fraction of sp³-hybridized carbons (Fsp3) is 0.0385. The second kappa shape index (κ2) is 8.53. The first-order chi connectivity index (χ1) is 14.6. The van der Waals surface area contributed by atoms with Crippen molar-refractivity contribution in [1.29, 1.82) is 0 Å². The first-order valence-corrected chi connectivity index (χ1v) is 9.57. The van der Waals surface area contributed by atoms with Crippen molar-refractivity contribution in [2.45, 2.75) is 6.42 Å². The number of phenolic OH excluding ortho intramolecular Hbond substituents is 1. The van der Waals surface area contributed by atoms with Gasteiger partial charge in [-0.1, -0.05) is 66.7 Å². The molecule has 30 heavy (non-hydrogen) atoms. The first-order valence-electron chi connectivity index (χ1n) is 9.57. The third-order valence-electron chi connectivity index (χ3n) is 4.76. The largest absolute Gasteiger partial charge is 0.508 e. The van der Waals surface area contributed by atoms with Gasteiger partial charge in [0.05, 0.1) is 6.42 Å². The molecule has 0 atom stereocenters. The van der Waals surface area contributed by atoms with Gasteiger partial charge in [0.1, 0.15) is 17.2 Å². The van der Waals surface area contributed by atoms with Crippen LogP contribution in [-0.2, 0) is 4.79 Å². The number of phenols is 1. The number of carboxylic acid groups (broad SMARTS) is 1. The lowest BCUT2D eigenvalue weighted by molar-refractivity contribution is -0.135. The van der Waals surface area contributed by atoms with Gasteiger partial charge in [0.2, 0.25) is 0 Å². The predicted octanol–water partition coefficient (Wildman–Crippen LogP) is 6.49. The molecule has 0 heterocycles. The topological polar surface area (TPSA) is 66.8 Å². The number of aromatic hydroxyl groups is 1. The fourth-order valence-corrected chi connectivity index (χ4v) is 3.28. The fourth-order valence-electron chi connectivity index (χ4n) is 3.28. The maximum Gasteiger partial charge on any atom is 0.307 e. The molecular formula is C26H20O4. The highest BCUT2D eigenvalue weighted by Gasteiger charge is 2.12. The lowest BCUT2D eigenvalue weighted by Crippen LogP contribution is -1.91. The molecule has 0 bridgehead atoms. The van der Waals surface area contributed by atoms with Crippen LogP contribution in [0.1, 0.15) is 12.0 Å². The molecule has 0 saturated carbocycles. The van der Waals surface area contributed by atoms with Crippen LogP contribution in [0.2, 0.25) is 0 Å². The Bertz CT molecular complexity index is 1210. The predicted molar refractivity (Wildman–Crippen MR) is 119 cm³/mol. The molecule has 4 aromatic rings. The average molecular weight is 396 g/mol. The van der Waals surface area contributed by atoms with Crippen molar-refractivity contribution in [1.82, 2.24) is 0 Å². The van der Waals surface area contributed by atoms with Crippen molar-refractivity contribution in [2.24, 2.45) is 0 Å². The number of hydrogen-bond acceptors (Lipinski definition) is 3. The van der Waals surface area contributed by atoms with Crippen LogP contribution in [0.3, 0.4) is 0 Å². The van der Waals surface area contributed by atoms with Crippen LogP contribution in [-0.4, -0.2) is 16.2 Å². The number of fused-ring (bicyclic) bond motifs is 1. The number of carbonyl (C=O) groups is 1. The van der Waals surface area contributed by atoms with E-state index in [-0.39, 0.29) is 12.2 Å². The minimum Gasteiger partial charge on any atom is -0.508 e. The Morgan fingerprint density at radius 1 is 0.867 bits per heavy atom. The van der Waals surface area contributed by atoms with E-state index in [0.29, 0.717) is 5.75 Å². The van der Waals surface area contributed by atoms with Crippen molar-refractivity contribution >= 4 is 22.8 Å². The molecule has 0 unspecified atom stereocenters. The van der Waals surface area contributed by atoms with E-state index in [1.807, 2.05) is 66.7 Å². The maximum absolute atomic E-state index is 10.6. The van der Waals surface area contributed by atoms with Gasteiger partial charge in [-0.05, 0) is 46.8 Å². The van der Waals surface area contributed by atoms with Gasteiger partial charge in [-0.15, -0.1) is 0 Å². The van der Waals surface area contributed by atoms with E-state index in [0.717, 1.165) is 33.2 Å². The molecule has 2 N–H and O–H groups in total. The highest BCUT2D eigenvalue weighted by molar-refractivity contribution is 5.95. The summed E-state index contributed by atoms with van der Waals surface area (Å²) in [5, 5.41) is 20.4. The first kappa shape index (κ1) is 19.3. The Balaban J connectivity index is 1.70. The van der Waals surface area contributed by atoms with Gasteiger partial charge in [0.15, 0.2) is 0 Å². The quantitative estimate of drug-likeness (QED) is 0.391. The second-order valence-corrected chi connectivity index (χ2v) is 6.88. The molecule has 0 radical (unpaired) electrons. The Kier molecular flexibility index (Phi) is 5.48. The van der Waals surface area contributed by atoms with Crippen molar-refractivity contribution < 1.29 is 19.7 Å². The van der Waals surface area contributed by atoms with E-state index < -0.39 is 5.97 Å². The van der Waals surface area contributed by atoms with E-state index in [9.17, 15) is 9.90 Å². The molecule has 0 spiro atoms. The van der Waals surface area contributed by atoms with Gasteiger partial charge in [-0.3, -0.25) is 4.79 Å². The Morgan fingerprint density at radius 2 is 1.60 bits per heavy atom. The van der Waals surface area contributed by atoms with Gasteiger partial charge < -0.3 is 14.9 Å². The van der Waals surface area contributed by atoms with Crippen LogP contribution >= 0.6 is 0 Å². The molecule has 0 aliphatic carbocycles. The lowest BCUT2D eigenvalue weighted by atomic mass is 9.99. The van der Waals surface area contributed by atoms with Crippen molar-refractivity contribution in [3.05, 3.63) is 96.6 Å². The van der Waals surface area contributed by atoms with Crippen LogP contribution in [0.15, 0.2) is 91.0 Å². The maximum atomic E-state index is 10.6. The minimum absolute atomic E-state index is 0.00968. The zero-order chi connectivity index (χ0) is 20.9. The van der Waals surface area contributed by atoms with E-state index in [4.69, 9.17) is 9.84 Å². The van der Waals surface area contributed by atoms with E-state index in [2.05, 4.69) is 6.07 Å². The monoisotopic (exact) mass is 396 g/mol. The highest BCUT2D eigenvalue weighted by atomic mass is 16.5. The van der Waals surface area contributed by atoms with Crippen LogP contribution in [0, 0.1) is 0 Å². The van der Waals surface area contributed by atoms with E-state index >= 15 is 0 Å². The summed E-state index contributed by atoms with van der Waals surface area (Å²) in [6, 6.07) is 26.7. The number of carboxylic acids is 1. The molecule has 0 amide bonds. The van der Waals surface area contributed by atoms with Crippen LogP contribution in [0.25, 0.3) is 28.0 Å². The number of aliphatic carboxylic acids is 1. The molecular weight excluding hydrogens is 376 g/mol. The third-order valence-corrected chi connectivity index (χ3v) is 4.76. The molecule has 4 aromatic carbocycles. The average Bonchev–Trinajstić information content (AvgIpc) is 2.76. The molecule has 4 nitrogen and oxygen atoms in total. The third kappa shape index (κ3) is 4.33. The number of rotatable bonds is 6. The summed E-state index contributed by atoms with van der Waals surface area (Å²) in [4.78, 5) is 10.6. The zero-order valence-corrected chi connectivity index (χ0v) is 16.2. The minimum atomic E-state index is -0.857. The summed E-state index contributed by atoms with van der Waals surface area (Å²) in [6.45, 7) is 0. The molecule has 0 aliphatic heterocycles. The molecule has 0 aromatic heterocycles. The summed E-state index contributed by atoms with van der Waals surface area (Å²) in [7, 11) is 0. The second-order valence-electron chi connectivity index (χ2n) is 6.88. The van der Waals surface area contributed by atoms with Gasteiger partial charge in [-0.2, -0.15) is 0 Å². The molecule has 4 rings (SSSR count). The standard InChI is InChI=1S/C26H20O4/c27-21-13-10-20(11-14-21)24-17-12-19-5-1-2-6-23(19)26(24)30-22-15-8-18(9-16-22)4-3-7-25(28)29/h1-6,8-17,27H,7H2,(H,28,29). The highest BCUT2D eigenvalue weighted by Crippen LogP contribution is 2.40. The van der Waals surface area contributed by atoms with Gasteiger partial charge >= 0.3 is 5.97 Å². The molecule has 0 fully saturated rings. The van der Waals surface area contributed by atoms with Crippen LogP contribution < -0.4 is 4.74 Å². The van der Waals surface area contributed by atoms with E-state index in [1.165, 1.54) is 0 Å². The smallest absolute Gasteiger partial charge is 0.307 e. The normalized spacial score (nSPS) is 11.1. The number of hydrogen-bond donors (Lipinski definition) is 2. The van der Waals surface area contributed by atoms with Gasteiger partial charge in [0.25, 0.3) is 0 Å². The van der Waals surface area contributed by atoms with Gasteiger partial charge in [-0.25, -0.2) is 0 Å². The number of benzene rings is 4. The zero-order valence-electron chi connectivity index (χ0n) is 16.2. The Labute approximate surface area is 174 Å². The summed E-state index contributed by atoms with van der Waals surface area (Å²) >= 11 is 0. The van der Waals surface area contributed by atoms with Crippen molar-refractivity contribution in [2.75, 3.05) is 0 Å². The summed E-state index contributed by atoms with van der Waals surface area (Å²) < 4.78 is 6.32. The van der Waals surface area contributed by atoms with Crippen LogP contribution in [0.5, 0.6) is 17.2 Å². The molecule has 0 saturated heterocycles. The Hall–Kier alpha value is -4.05. The Morgan fingerprint density at radius 3 is 2.33 bits per heavy atom. The SMILES string of the molecule is O=C(O)CC=Cc1ccc(Oc2c(-c3ccc(O)cc3)ccc3ccccc23)cc1. The molecule has 148 valence electrons. The molecule has 4 heteroatoms. The lowest BCUT2D eigenvalue weighted by Gasteiger charge is -2.15. The summed E-state index contributed by atoms with van der Waals surface area (Å²) in [6.07, 6.45) is 3.38. The molecule has 0 aliphatic rings. The van der Waals surface area contributed by atoms with Crippen molar-refractivity contribution in [3.8, 4) is 28.4 Å². The van der Waals surface area contributed by atoms with Crippen molar-refractivity contribution in [3.63, 3.8) is 0 Å². The summed E-state index contributed by atoms with van der Waals surface area (Å²) in [5.74, 6) is 0.784. The van der Waals surface area contributed by atoms with Crippen LogP contribution in [0.4, 0.5) is 0 Å².